The molecule has 2 saturated carbocycles. The van der Waals surface area contributed by atoms with Crippen molar-refractivity contribution in [1.29, 1.82) is 0 Å². The molecule has 0 radical (unpaired) electrons. The van der Waals surface area contributed by atoms with Crippen LogP contribution >= 0.6 is 0 Å². The Morgan fingerprint density at radius 1 is 1.11 bits per heavy atom. The van der Waals surface area contributed by atoms with Gasteiger partial charge in [-0.1, -0.05) is 19.3 Å². The molecule has 2 fully saturated rings. The maximum absolute atomic E-state index is 4.31. The molecule has 96 valence electrons. The van der Waals surface area contributed by atoms with E-state index in [1.807, 2.05) is 0 Å². The van der Waals surface area contributed by atoms with Gasteiger partial charge < -0.3 is 0 Å². The van der Waals surface area contributed by atoms with Gasteiger partial charge in [-0.25, -0.2) is 4.99 Å². The first-order valence-electron chi connectivity index (χ1n) is 6.71. The molecule has 18 heavy (non-hydrogen) atoms. The Morgan fingerprint density at radius 2 is 1.83 bits per heavy atom. The van der Waals surface area contributed by atoms with E-state index >= 15 is 0 Å². The molecule has 1 aromatic rings. The number of hydrogen-bond acceptors (Lipinski definition) is 4. The fourth-order valence-corrected chi connectivity index (χ4v) is 3.42. The molecule has 3 rings (SSSR count). The summed E-state index contributed by atoms with van der Waals surface area (Å²) in [5.41, 5.74) is 0.192. The number of hydrogen-bond donors (Lipinski definition) is 0. The van der Waals surface area contributed by atoms with Crippen molar-refractivity contribution in [3.8, 4) is 0 Å². The maximum atomic E-state index is 4.31. The van der Waals surface area contributed by atoms with Gasteiger partial charge in [-0.15, -0.1) is 10.2 Å². The van der Waals surface area contributed by atoms with Crippen molar-refractivity contribution in [1.82, 2.24) is 14.9 Å². The van der Waals surface area contributed by atoms with Gasteiger partial charge in [0.25, 0.3) is 5.95 Å². The lowest BCUT2D eigenvalue weighted by molar-refractivity contribution is 0.277. The molecule has 2 aliphatic rings. The van der Waals surface area contributed by atoms with Crippen LogP contribution in [0, 0.1) is 5.92 Å². The number of rotatable bonds is 4. The molecule has 1 heterocycles. The minimum atomic E-state index is 0.192. The molecule has 0 bridgehead atoms. The van der Waals surface area contributed by atoms with Crippen molar-refractivity contribution in [2.24, 2.45) is 16.0 Å². The van der Waals surface area contributed by atoms with Gasteiger partial charge in [0.05, 0.1) is 0 Å². The molecule has 0 N–H and O–H groups in total. The predicted molar refractivity (Wildman–Crippen MR) is 71.7 cm³/mol. The molecular formula is C13H19N5. The first-order chi connectivity index (χ1) is 8.81. The summed E-state index contributed by atoms with van der Waals surface area (Å²) in [6.45, 7) is 7.11. The summed E-state index contributed by atoms with van der Waals surface area (Å²) in [5, 5.41) is 12.4. The number of aliphatic imine (C=N–C) groups is 1. The van der Waals surface area contributed by atoms with Crippen LogP contribution in [-0.2, 0) is 5.41 Å². The van der Waals surface area contributed by atoms with Crippen molar-refractivity contribution >= 4 is 19.4 Å². The van der Waals surface area contributed by atoms with Gasteiger partial charge in [-0.2, -0.15) is 9.78 Å². The smallest absolute Gasteiger partial charge is 0.226 e. The van der Waals surface area contributed by atoms with Crippen LogP contribution in [0.25, 0.3) is 0 Å². The largest absolute Gasteiger partial charge is 0.271 e. The molecule has 0 saturated heterocycles. The van der Waals surface area contributed by atoms with Gasteiger partial charge >= 0.3 is 0 Å². The summed E-state index contributed by atoms with van der Waals surface area (Å²) in [6, 6.07) is 0. The lowest BCUT2D eigenvalue weighted by Crippen LogP contribution is -2.26. The zero-order chi connectivity index (χ0) is 12.6. The van der Waals surface area contributed by atoms with Crippen LogP contribution in [0.2, 0.25) is 0 Å². The van der Waals surface area contributed by atoms with E-state index in [1.54, 1.807) is 4.68 Å². The fourth-order valence-electron chi connectivity index (χ4n) is 3.42. The third-order valence-corrected chi connectivity index (χ3v) is 4.53. The third-order valence-electron chi connectivity index (χ3n) is 4.53. The molecule has 0 aliphatic heterocycles. The minimum absolute atomic E-state index is 0.192. The lowest BCUT2D eigenvalue weighted by Gasteiger charge is -2.29. The molecule has 0 unspecified atom stereocenters. The highest BCUT2D eigenvalue weighted by Crippen LogP contribution is 2.57. The van der Waals surface area contributed by atoms with Gasteiger partial charge in [0.15, 0.2) is 5.82 Å². The van der Waals surface area contributed by atoms with Crippen LogP contribution in [-0.4, -0.2) is 28.3 Å². The van der Waals surface area contributed by atoms with Crippen molar-refractivity contribution in [2.75, 3.05) is 0 Å². The van der Waals surface area contributed by atoms with Crippen molar-refractivity contribution < 1.29 is 0 Å². The fraction of sp³-hybridized carbons (Fsp3) is 0.692. The van der Waals surface area contributed by atoms with E-state index in [1.165, 1.54) is 44.9 Å². The Bertz CT molecular complexity index is 466. The summed E-state index contributed by atoms with van der Waals surface area (Å²) in [7, 11) is 0. The van der Waals surface area contributed by atoms with Gasteiger partial charge in [0.2, 0.25) is 0 Å². The van der Waals surface area contributed by atoms with Gasteiger partial charge in [0.1, 0.15) is 0 Å². The van der Waals surface area contributed by atoms with Crippen LogP contribution in [0.1, 0.15) is 50.8 Å². The first kappa shape index (κ1) is 11.6. The molecule has 5 heteroatoms. The van der Waals surface area contributed by atoms with Crippen molar-refractivity contribution in [3.63, 3.8) is 0 Å². The SMILES string of the molecule is C=Nc1nnc(C2(C3CCCCC3)CC2)n1N=C. The summed E-state index contributed by atoms with van der Waals surface area (Å²) in [6.07, 6.45) is 9.06. The second-order valence-electron chi connectivity index (χ2n) is 5.43. The highest BCUT2D eigenvalue weighted by Gasteiger charge is 2.54. The minimum Gasteiger partial charge on any atom is -0.226 e. The predicted octanol–water partition coefficient (Wildman–Crippen LogP) is 2.69. The highest BCUT2D eigenvalue weighted by atomic mass is 15.5. The lowest BCUT2D eigenvalue weighted by atomic mass is 9.77. The highest BCUT2D eigenvalue weighted by molar-refractivity contribution is 5.38. The molecular weight excluding hydrogens is 226 g/mol. The Balaban J connectivity index is 1.96. The monoisotopic (exact) mass is 245 g/mol. The third kappa shape index (κ3) is 1.61. The van der Waals surface area contributed by atoms with Crippen LogP contribution in [0.3, 0.4) is 0 Å². The summed E-state index contributed by atoms with van der Waals surface area (Å²) >= 11 is 0. The van der Waals surface area contributed by atoms with Gasteiger partial charge in [-0.05, 0) is 38.3 Å². The van der Waals surface area contributed by atoms with Crippen LogP contribution in [0.15, 0.2) is 10.1 Å². The molecule has 1 aromatic heterocycles. The van der Waals surface area contributed by atoms with Crippen LogP contribution in [0.4, 0.5) is 5.95 Å². The van der Waals surface area contributed by atoms with Gasteiger partial charge in [-0.3, -0.25) is 0 Å². The molecule has 2 aliphatic carbocycles. The summed E-state index contributed by atoms with van der Waals surface area (Å²) in [4.78, 5) is 3.85. The summed E-state index contributed by atoms with van der Waals surface area (Å²) in [5.74, 6) is 2.14. The van der Waals surface area contributed by atoms with E-state index < -0.39 is 0 Å². The quantitative estimate of drug-likeness (QED) is 0.766. The Hall–Kier alpha value is -1.52. The normalized spacial score (nSPS) is 22.7. The van der Waals surface area contributed by atoms with E-state index in [4.69, 9.17) is 0 Å². The maximum Gasteiger partial charge on any atom is 0.271 e. The molecule has 0 amide bonds. The van der Waals surface area contributed by atoms with Crippen molar-refractivity contribution in [3.05, 3.63) is 5.82 Å². The van der Waals surface area contributed by atoms with Crippen LogP contribution in [0.5, 0.6) is 0 Å². The Morgan fingerprint density at radius 3 is 2.39 bits per heavy atom. The number of nitrogens with zero attached hydrogens (tertiary/aromatic N) is 5. The second kappa shape index (κ2) is 4.30. The van der Waals surface area contributed by atoms with Crippen LogP contribution < -0.4 is 0 Å². The zero-order valence-electron chi connectivity index (χ0n) is 10.7. The Labute approximate surface area is 107 Å². The van der Waals surface area contributed by atoms with E-state index in [-0.39, 0.29) is 5.41 Å². The van der Waals surface area contributed by atoms with E-state index in [0.29, 0.717) is 5.95 Å². The molecule has 0 spiro atoms. The Kier molecular flexibility index (Phi) is 2.76. The van der Waals surface area contributed by atoms with Crippen molar-refractivity contribution in [2.45, 2.75) is 50.4 Å². The van der Waals surface area contributed by atoms with E-state index in [0.717, 1.165) is 11.7 Å². The van der Waals surface area contributed by atoms with Gasteiger partial charge in [0, 0.05) is 12.1 Å². The standard InChI is InChI=1S/C13H19N5/c1-14-12-17-16-11(18(12)15-2)13(8-9-13)10-6-4-3-5-7-10/h10H,1-9H2. The number of aromatic nitrogens is 3. The molecule has 5 nitrogen and oxygen atoms in total. The molecule has 0 aromatic carbocycles. The first-order valence-corrected chi connectivity index (χ1v) is 6.71. The van der Waals surface area contributed by atoms with E-state index in [9.17, 15) is 0 Å². The second-order valence-corrected chi connectivity index (χ2v) is 5.43. The topological polar surface area (TPSA) is 55.4 Å². The van der Waals surface area contributed by atoms with E-state index in [2.05, 4.69) is 33.7 Å². The zero-order valence-corrected chi connectivity index (χ0v) is 10.7. The molecule has 0 atom stereocenters. The average Bonchev–Trinajstić information content (AvgIpc) is 3.13. The average molecular weight is 245 g/mol. The summed E-state index contributed by atoms with van der Waals surface area (Å²) < 4.78 is 1.68.